The highest BCUT2D eigenvalue weighted by atomic mass is 79.9. The second kappa shape index (κ2) is 7.57. The first-order valence-corrected chi connectivity index (χ1v) is 8.61. The van der Waals surface area contributed by atoms with Gasteiger partial charge in [0.25, 0.3) is 0 Å². The molecule has 0 aliphatic carbocycles. The van der Waals surface area contributed by atoms with E-state index in [2.05, 4.69) is 52.1 Å². The van der Waals surface area contributed by atoms with Crippen molar-refractivity contribution in [2.75, 3.05) is 19.6 Å². The standard InChI is InChI=1S/C15H27BrN4/c1-4-7-12-10-20(9-6-8-17-12)11-14-15(16)13(5-2)18-19(14)3/h12,17H,4-11H2,1-3H3. The Hall–Kier alpha value is -0.390. The molecular weight excluding hydrogens is 316 g/mol. The first-order valence-electron chi connectivity index (χ1n) is 7.81. The first kappa shape index (κ1) is 16.0. The first-order chi connectivity index (χ1) is 9.65. The summed E-state index contributed by atoms with van der Waals surface area (Å²) >= 11 is 3.73. The third-order valence-corrected chi connectivity index (χ3v) is 4.99. The summed E-state index contributed by atoms with van der Waals surface area (Å²) in [5, 5.41) is 8.27. The fraction of sp³-hybridized carbons (Fsp3) is 0.800. The number of hydrogen-bond acceptors (Lipinski definition) is 3. The summed E-state index contributed by atoms with van der Waals surface area (Å²) in [6.07, 6.45) is 4.73. The van der Waals surface area contributed by atoms with Gasteiger partial charge in [0.05, 0.1) is 15.9 Å². The topological polar surface area (TPSA) is 33.1 Å². The van der Waals surface area contributed by atoms with E-state index in [1.807, 2.05) is 4.68 Å². The normalized spacial score (nSPS) is 21.1. The maximum atomic E-state index is 4.60. The quantitative estimate of drug-likeness (QED) is 0.892. The minimum Gasteiger partial charge on any atom is -0.313 e. The molecule has 0 spiro atoms. The Morgan fingerprint density at radius 1 is 1.40 bits per heavy atom. The summed E-state index contributed by atoms with van der Waals surface area (Å²) < 4.78 is 3.24. The molecule has 1 aromatic heterocycles. The Balaban J connectivity index is 2.06. The monoisotopic (exact) mass is 342 g/mol. The van der Waals surface area contributed by atoms with Crippen molar-refractivity contribution in [3.05, 3.63) is 15.9 Å². The molecule has 5 heteroatoms. The number of nitrogens with zero attached hydrogens (tertiary/aromatic N) is 3. The minimum absolute atomic E-state index is 0.639. The van der Waals surface area contributed by atoms with Gasteiger partial charge in [-0.1, -0.05) is 20.3 Å². The molecular formula is C15H27BrN4. The lowest BCUT2D eigenvalue weighted by Gasteiger charge is -2.24. The van der Waals surface area contributed by atoms with E-state index >= 15 is 0 Å². The van der Waals surface area contributed by atoms with Gasteiger partial charge in [0.2, 0.25) is 0 Å². The molecule has 0 saturated carbocycles. The molecule has 114 valence electrons. The fourth-order valence-corrected chi connectivity index (χ4v) is 3.71. The van der Waals surface area contributed by atoms with Gasteiger partial charge in [0.1, 0.15) is 0 Å². The zero-order valence-corrected chi connectivity index (χ0v) is 14.5. The van der Waals surface area contributed by atoms with Crippen LogP contribution in [0.5, 0.6) is 0 Å². The summed E-state index contributed by atoms with van der Waals surface area (Å²) in [5.74, 6) is 0. The van der Waals surface area contributed by atoms with Gasteiger partial charge in [0, 0.05) is 26.2 Å². The zero-order chi connectivity index (χ0) is 14.5. The molecule has 1 atom stereocenters. The number of halogens is 1. The number of nitrogens with one attached hydrogen (secondary N) is 1. The van der Waals surface area contributed by atoms with Crippen molar-refractivity contribution in [3.8, 4) is 0 Å². The number of aromatic nitrogens is 2. The number of rotatable bonds is 5. The third kappa shape index (κ3) is 3.83. The summed E-state index contributed by atoms with van der Waals surface area (Å²) in [4.78, 5) is 2.57. The summed E-state index contributed by atoms with van der Waals surface area (Å²) in [7, 11) is 2.05. The molecule has 2 rings (SSSR count). The van der Waals surface area contributed by atoms with Crippen molar-refractivity contribution in [2.24, 2.45) is 7.05 Å². The van der Waals surface area contributed by atoms with Crippen LogP contribution in [0, 0.1) is 0 Å². The van der Waals surface area contributed by atoms with E-state index in [9.17, 15) is 0 Å². The van der Waals surface area contributed by atoms with E-state index in [1.54, 1.807) is 0 Å². The van der Waals surface area contributed by atoms with Crippen molar-refractivity contribution in [1.29, 1.82) is 0 Å². The zero-order valence-electron chi connectivity index (χ0n) is 13.0. The van der Waals surface area contributed by atoms with E-state index in [-0.39, 0.29) is 0 Å². The lowest BCUT2D eigenvalue weighted by molar-refractivity contribution is 0.248. The highest BCUT2D eigenvalue weighted by Crippen LogP contribution is 2.23. The minimum atomic E-state index is 0.639. The largest absolute Gasteiger partial charge is 0.313 e. The molecule has 0 aromatic carbocycles. The Bertz CT molecular complexity index is 430. The molecule has 2 heterocycles. The van der Waals surface area contributed by atoms with Crippen LogP contribution in [0.2, 0.25) is 0 Å². The smallest absolute Gasteiger partial charge is 0.0767 e. The van der Waals surface area contributed by atoms with E-state index in [0.29, 0.717) is 6.04 Å². The van der Waals surface area contributed by atoms with Crippen LogP contribution in [0.4, 0.5) is 0 Å². The lowest BCUT2D eigenvalue weighted by atomic mass is 10.1. The summed E-state index contributed by atoms with van der Waals surface area (Å²) in [5.41, 5.74) is 2.47. The van der Waals surface area contributed by atoms with Crippen molar-refractivity contribution in [1.82, 2.24) is 20.0 Å². The Labute approximate surface area is 131 Å². The Morgan fingerprint density at radius 2 is 2.20 bits per heavy atom. The third-order valence-electron chi connectivity index (χ3n) is 4.08. The molecule has 1 N–H and O–H groups in total. The van der Waals surface area contributed by atoms with Crippen LogP contribution in [-0.4, -0.2) is 40.4 Å². The van der Waals surface area contributed by atoms with Gasteiger partial charge < -0.3 is 5.32 Å². The summed E-state index contributed by atoms with van der Waals surface area (Å²) in [6, 6.07) is 0.639. The molecule has 20 heavy (non-hydrogen) atoms. The lowest BCUT2D eigenvalue weighted by Crippen LogP contribution is -2.37. The average molecular weight is 343 g/mol. The molecule has 0 bridgehead atoms. The van der Waals surface area contributed by atoms with Crippen molar-refractivity contribution in [2.45, 2.75) is 52.1 Å². The van der Waals surface area contributed by atoms with E-state index in [1.165, 1.54) is 41.7 Å². The molecule has 1 aliphatic heterocycles. The van der Waals surface area contributed by atoms with Crippen LogP contribution in [0.15, 0.2) is 4.47 Å². The Kier molecular flexibility index (Phi) is 6.05. The van der Waals surface area contributed by atoms with Crippen LogP contribution in [-0.2, 0) is 20.0 Å². The van der Waals surface area contributed by atoms with E-state index in [4.69, 9.17) is 0 Å². The van der Waals surface area contributed by atoms with Crippen molar-refractivity contribution in [3.63, 3.8) is 0 Å². The van der Waals surface area contributed by atoms with Crippen LogP contribution in [0.25, 0.3) is 0 Å². The van der Waals surface area contributed by atoms with E-state index < -0.39 is 0 Å². The summed E-state index contributed by atoms with van der Waals surface area (Å²) in [6.45, 7) is 8.88. The fourth-order valence-electron chi connectivity index (χ4n) is 2.97. The molecule has 1 fully saturated rings. The predicted molar refractivity (Wildman–Crippen MR) is 86.9 cm³/mol. The second-order valence-corrected chi connectivity index (χ2v) is 6.51. The number of aryl methyl sites for hydroxylation is 2. The molecule has 0 amide bonds. The molecule has 1 saturated heterocycles. The van der Waals surface area contributed by atoms with Gasteiger partial charge in [-0.2, -0.15) is 5.10 Å². The van der Waals surface area contributed by atoms with Gasteiger partial charge in [-0.05, 0) is 48.3 Å². The van der Waals surface area contributed by atoms with Gasteiger partial charge in [-0.15, -0.1) is 0 Å². The van der Waals surface area contributed by atoms with Crippen LogP contribution < -0.4 is 5.32 Å². The maximum Gasteiger partial charge on any atom is 0.0767 e. The molecule has 1 aromatic rings. The second-order valence-electron chi connectivity index (χ2n) is 5.71. The van der Waals surface area contributed by atoms with Gasteiger partial charge in [-0.25, -0.2) is 0 Å². The van der Waals surface area contributed by atoms with Gasteiger partial charge in [0.15, 0.2) is 0 Å². The number of hydrogen-bond donors (Lipinski definition) is 1. The average Bonchev–Trinajstić information content (AvgIpc) is 2.61. The molecule has 1 unspecified atom stereocenters. The molecule has 4 nitrogen and oxygen atoms in total. The maximum absolute atomic E-state index is 4.60. The molecule has 1 aliphatic rings. The highest BCUT2D eigenvalue weighted by Gasteiger charge is 2.20. The molecule has 0 radical (unpaired) electrons. The SMILES string of the molecule is CCCC1CN(Cc2c(Br)c(CC)nn2C)CCCN1. The van der Waals surface area contributed by atoms with Crippen LogP contribution >= 0.6 is 15.9 Å². The highest BCUT2D eigenvalue weighted by molar-refractivity contribution is 9.10. The van der Waals surface area contributed by atoms with Gasteiger partial charge in [-0.3, -0.25) is 9.58 Å². The van der Waals surface area contributed by atoms with Crippen molar-refractivity contribution < 1.29 is 0 Å². The van der Waals surface area contributed by atoms with E-state index in [0.717, 1.165) is 26.1 Å². The van der Waals surface area contributed by atoms with Crippen LogP contribution in [0.3, 0.4) is 0 Å². The Morgan fingerprint density at radius 3 is 2.85 bits per heavy atom. The van der Waals surface area contributed by atoms with Crippen LogP contribution in [0.1, 0.15) is 44.5 Å². The van der Waals surface area contributed by atoms with Crippen molar-refractivity contribution >= 4 is 15.9 Å². The predicted octanol–water partition coefficient (Wildman–Crippen LogP) is 2.71. The van der Waals surface area contributed by atoms with Gasteiger partial charge >= 0.3 is 0 Å².